The summed E-state index contributed by atoms with van der Waals surface area (Å²) in [6, 6.07) is 14.1. The molecule has 136 valence electrons. The first kappa shape index (κ1) is 18.3. The van der Waals surface area contributed by atoms with Gasteiger partial charge < -0.3 is 14.5 Å². The highest BCUT2D eigenvalue weighted by atomic mass is 35.5. The first-order valence-corrected chi connectivity index (χ1v) is 8.95. The predicted molar refractivity (Wildman–Crippen MR) is 101 cm³/mol. The fourth-order valence-corrected chi connectivity index (χ4v) is 3.22. The molecule has 3 rings (SSSR count). The van der Waals surface area contributed by atoms with Gasteiger partial charge in [0.15, 0.2) is 0 Å². The predicted octanol–water partition coefficient (Wildman–Crippen LogP) is 3.34. The van der Waals surface area contributed by atoms with Crippen LogP contribution < -0.4 is 4.74 Å². The van der Waals surface area contributed by atoms with Gasteiger partial charge in [0.2, 0.25) is 0 Å². The summed E-state index contributed by atoms with van der Waals surface area (Å²) in [5, 5.41) is 0.603. The number of benzene rings is 2. The van der Waals surface area contributed by atoms with Gasteiger partial charge in [-0.2, -0.15) is 0 Å². The number of ether oxygens (including phenoxy) is 1. The molecule has 0 spiro atoms. The lowest BCUT2D eigenvalue weighted by Gasteiger charge is -2.23. The third-order valence-electron chi connectivity index (χ3n) is 4.50. The maximum Gasteiger partial charge on any atom is 0.257 e. The zero-order valence-electron chi connectivity index (χ0n) is 14.7. The lowest BCUT2D eigenvalue weighted by atomic mass is 10.1. The maximum absolute atomic E-state index is 12.8. The number of amides is 2. The van der Waals surface area contributed by atoms with E-state index in [9.17, 15) is 9.59 Å². The van der Waals surface area contributed by atoms with Gasteiger partial charge in [-0.3, -0.25) is 9.59 Å². The van der Waals surface area contributed by atoms with Crippen LogP contribution in [-0.2, 0) is 0 Å². The number of hydrogen-bond donors (Lipinski definition) is 0. The van der Waals surface area contributed by atoms with Gasteiger partial charge in [0.1, 0.15) is 5.75 Å². The van der Waals surface area contributed by atoms with Crippen molar-refractivity contribution < 1.29 is 14.3 Å². The van der Waals surface area contributed by atoms with E-state index >= 15 is 0 Å². The van der Waals surface area contributed by atoms with Gasteiger partial charge in [-0.25, -0.2) is 0 Å². The number of para-hydroxylation sites is 1. The van der Waals surface area contributed by atoms with E-state index in [0.717, 1.165) is 6.42 Å². The number of rotatable bonds is 3. The Morgan fingerprint density at radius 3 is 2.15 bits per heavy atom. The van der Waals surface area contributed by atoms with Crippen molar-refractivity contribution in [1.82, 2.24) is 9.80 Å². The molecule has 0 unspecified atom stereocenters. The van der Waals surface area contributed by atoms with E-state index in [1.165, 1.54) is 0 Å². The Labute approximate surface area is 158 Å². The summed E-state index contributed by atoms with van der Waals surface area (Å²) < 4.78 is 5.29. The van der Waals surface area contributed by atoms with Crippen LogP contribution in [0, 0.1) is 0 Å². The Hall–Kier alpha value is -2.53. The van der Waals surface area contributed by atoms with Crippen LogP contribution in [0.25, 0.3) is 0 Å². The molecule has 0 radical (unpaired) electrons. The van der Waals surface area contributed by atoms with Crippen molar-refractivity contribution in [3.63, 3.8) is 0 Å². The Morgan fingerprint density at radius 2 is 1.50 bits per heavy atom. The Bertz CT molecular complexity index is 792. The number of nitrogens with zero attached hydrogens (tertiary/aromatic N) is 2. The third kappa shape index (κ3) is 3.99. The molecule has 1 fully saturated rings. The van der Waals surface area contributed by atoms with E-state index in [1.807, 2.05) is 12.1 Å². The molecule has 26 heavy (non-hydrogen) atoms. The second-order valence-corrected chi connectivity index (χ2v) is 6.58. The smallest absolute Gasteiger partial charge is 0.257 e. The normalized spacial score (nSPS) is 14.7. The molecular formula is C20H21ClN2O3. The van der Waals surface area contributed by atoms with Crippen LogP contribution in [0.4, 0.5) is 0 Å². The van der Waals surface area contributed by atoms with Crippen molar-refractivity contribution in [2.45, 2.75) is 6.42 Å². The summed E-state index contributed by atoms with van der Waals surface area (Å²) in [7, 11) is 1.56. The SMILES string of the molecule is COc1ccccc1C(=O)N1CCCN(C(=O)c2ccc(Cl)cc2)CC1. The molecule has 0 bridgehead atoms. The summed E-state index contributed by atoms with van der Waals surface area (Å²) >= 11 is 5.89. The average Bonchev–Trinajstić information content (AvgIpc) is 2.93. The second-order valence-electron chi connectivity index (χ2n) is 6.15. The van der Waals surface area contributed by atoms with Crippen LogP contribution in [0.3, 0.4) is 0 Å². The Balaban J connectivity index is 1.69. The van der Waals surface area contributed by atoms with Crippen LogP contribution in [-0.4, -0.2) is 54.9 Å². The molecule has 1 aliphatic heterocycles. The van der Waals surface area contributed by atoms with E-state index in [-0.39, 0.29) is 11.8 Å². The largest absolute Gasteiger partial charge is 0.496 e. The molecule has 2 aromatic rings. The van der Waals surface area contributed by atoms with Crippen molar-refractivity contribution >= 4 is 23.4 Å². The Kier molecular flexibility index (Phi) is 5.78. The molecule has 2 amide bonds. The van der Waals surface area contributed by atoms with Crippen molar-refractivity contribution in [2.24, 2.45) is 0 Å². The number of carbonyl (C=O) groups excluding carboxylic acids is 2. The zero-order chi connectivity index (χ0) is 18.5. The number of carbonyl (C=O) groups is 2. The van der Waals surface area contributed by atoms with Crippen molar-refractivity contribution in [2.75, 3.05) is 33.3 Å². The first-order valence-electron chi connectivity index (χ1n) is 8.57. The highest BCUT2D eigenvalue weighted by molar-refractivity contribution is 6.30. The quantitative estimate of drug-likeness (QED) is 0.830. The lowest BCUT2D eigenvalue weighted by molar-refractivity contribution is 0.0717. The van der Waals surface area contributed by atoms with E-state index in [0.29, 0.717) is 48.1 Å². The van der Waals surface area contributed by atoms with Crippen LogP contribution in [0.2, 0.25) is 5.02 Å². The monoisotopic (exact) mass is 372 g/mol. The topological polar surface area (TPSA) is 49.9 Å². The van der Waals surface area contributed by atoms with Crippen LogP contribution in [0.5, 0.6) is 5.75 Å². The van der Waals surface area contributed by atoms with Crippen molar-refractivity contribution in [1.29, 1.82) is 0 Å². The molecule has 5 nitrogen and oxygen atoms in total. The molecule has 0 aromatic heterocycles. The standard InChI is InChI=1S/C20H21ClN2O3/c1-26-18-6-3-2-5-17(18)20(25)23-12-4-11-22(13-14-23)19(24)15-7-9-16(21)10-8-15/h2-3,5-10H,4,11-14H2,1H3. The van der Waals surface area contributed by atoms with Gasteiger partial charge in [0.25, 0.3) is 11.8 Å². The summed E-state index contributed by atoms with van der Waals surface area (Å²) in [5.74, 6) is 0.465. The Morgan fingerprint density at radius 1 is 0.885 bits per heavy atom. The minimum atomic E-state index is -0.0664. The van der Waals surface area contributed by atoms with Crippen LogP contribution in [0.1, 0.15) is 27.1 Å². The average molecular weight is 373 g/mol. The van der Waals surface area contributed by atoms with Crippen molar-refractivity contribution in [3.05, 3.63) is 64.7 Å². The maximum atomic E-state index is 12.8. The molecule has 1 aliphatic rings. The van der Waals surface area contributed by atoms with Gasteiger partial charge in [-0.15, -0.1) is 0 Å². The molecule has 1 saturated heterocycles. The second kappa shape index (κ2) is 8.23. The third-order valence-corrected chi connectivity index (χ3v) is 4.75. The summed E-state index contributed by atoms with van der Waals surface area (Å²) in [4.78, 5) is 29.1. The number of hydrogen-bond acceptors (Lipinski definition) is 3. The lowest BCUT2D eigenvalue weighted by Crippen LogP contribution is -2.37. The molecule has 0 aliphatic carbocycles. The molecular weight excluding hydrogens is 352 g/mol. The zero-order valence-corrected chi connectivity index (χ0v) is 15.4. The van der Waals surface area contributed by atoms with Gasteiger partial charge in [-0.05, 0) is 42.8 Å². The van der Waals surface area contributed by atoms with E-state index in [1.54, 1.807) is 53.3 Å². The summed E-state index contributed by atoms with van der Waals surface area (Å²) in [6.45, 7) is 2.23. The van der Waals surface area contributed by atoms with Crippen molar-refractivity contribution in [3.8, 4) is 5.75 Å². The number of methoxy groups -OCH3 is 1. The molecule has 6 heteroatoms. The van der Waals surface area contributed by atoms with Crippen LogP contribution in [0.15, 0.2) is 48.5 Å². The minimum absolute atomic E-state index is 0.0340. The highest BCUT2D eigenvalue weighted by Crippen LogP contribution is 2.20. The van der Waals surface area contributed by atoms with Gasteiger partial charge in [-0.1, -0.05) is 23.7 Å². The molecule has 0 N–H and O–H groups in total. The highest BCUT2D eigenvalue weighted by Gasteiger charge is 2.24. The van der Waals surface area contributed by atoms with E-state index in [2.05, 4.69) is 0 Å². The number of halogens is 1. The van der Waals surface area contributed by atoms with Gasteiger partial charge in [0, 0.05) is 36.8 Å². The van der Waals surface area contributed by atoms with Gasteiger partial charge >= 0.3 is 0 Å². The van der Waals surface area contributed by atoms with Gasteiger partial charge in [0.05, 0.1) is 12.7 Å². The fourth-order valence-electron chi connectivity index (χ4n) is 3.09. The molecule has 1 heterocycles. The minimum Gasteiger partial charge on any atom is -0.496 e. The fraction of sp³-hybridized carbons (Fsp3) is 0.300. The first-order chi connectivity index (χ1) is 12.6. The molecule has 0 atom stereocenters. The van der Waals surface area contributed by atoms with E-state index < -0.39 is 0 Å². The summed E-state index contributed by atoms with van der Waals surface area (Å²) in [5.41, 5.74) is 1.16. The summed E-state index contributed by atoms with van der Waals surface area (Å²) in [6.07, 6.45) is 0.736. The van der Waals surface area contributed by atoms with E-state index in [4.69, 9.17) is 16.3 Å². The van der Waals surface area contributed by atoms with Crippen LogP contribution >= 0.6 is 11.6 Å². The molecule has 0 saturated carbocycles. The molecule has 2 aromatic carbocycles.